The molecule has 1 aliphatic rings. The van der Waals surface area contributed by atoms with Gasteiger partial charge in [0.1, 0.15) is 0 Å². The molecule has 0 aromatic carbocycles. The second kappa shape index (κ2) is 5.48. The summed E-state index contributed by atoms with van der Waals surface area (Å²) >= 11 is 16.1. The van der Waals surface area contributed by atoms with Crippen LogP contribution in [0.2, 0.25) is 0 Å². The highest BCUT2D eigenvalue weighted by Gasteiger charge is 2.19. The Kier molecular flexibility index (Phi) is 4.53. The lowest BCUT2D eigenvalue weighted by Crippen LogP contribution is -2.25. The van der Waals surface area contributed by atoms with Crippen LogP contribution in [0.4, 0.5) is 0 Å². The lowest BCUT2D eigenvalue weighted by Gasteiger charge is -2.06. The fourth-order valence-electron chi connectivity index (χ4n) is 0.969. The van der Waals surface area contributed by atoms with E-state index < -0.39 is 9.70 Å². The summed E-state index contributed by atoms with van der Waals surface area (Å²) in [7, 11) is 0. The largest absolute Gasteiger partial charge is 0.294 e. The number of hydrogen-bond acceptors (Lipinski definition) is 3. The van der Waals surface area contributed by atoms with Gasteiger partial charge in [-0.25, -0.2) is 5.43 Å². The van der Waals surface area contributed by atoms with Crippen molar-refractivity contribution < 1.29 is 9.59 Å². The van der Waals surface area contributed by atoms with Crippen LogP contribution in [0.1, 0.15) is 6.42 Å². The number of nitrogens with zero attached hydrogens (tertiary/aromatic N) is 1. The minimum Gasteiger partial charge on any atom is -0.294 e. The Bertz CT molecular complexity index is 394. The normalized spacial score (nSPS) is 16.4. The zero-order valence-electron chi connectivity index (χ0n) is 7.91. The fraction of sp³-hybridized carbons (Fsp3) is 0.222. The van der Waals surface area contributed by atoms with Crippen molar-refractivity contribution in [3.63, 3.8) is 0 Å². The number of ketones is 1. The molecule has 86 valence electrons. The fourth-order valence-corrected chi connectivity index (χ4v) is 1.12. The zero-order chi connectivity index (χ0) is 12.2. The van der Waals surface area contributed by atoms with Crippen LogP contribution in [0.15, 0.2) is 28.9 Å². The SMILES string of the molecule is O=C1CC=CC=C1C(=O)NN=CC(Cl)(Cl)Cl. The van der Waals surface area contributed by atoms with E-state index in [9.17, 15) is 9.59 Å². The number of rotatable bonds is 2. The minimum atomic E-state index is -1.68. The van der Waals surface area contributed by atoms with Gasteiger partial charge in [-0.1, -0.05) is 47.0 Å². The molecule has 0 unspecified atom stereocenters. The van der Waals surface area contributed by atoms with E-state index in [1.54, 1.807) is 12.2 Å². The summed E-state index contributed by atoms with van der Waals surface area (Å²) in [5.74, 6) is -0.899. The number of Topliss-reactive ketones (excluding diaryl/α,β-unsaturated/α-hetero) is 1. The second-order valence-corrected chi connectivity index (χ2v) is 5.25. The Morgan fingerprint density at radius 2 is 2.19 bits per heavy atom. The van der Waals surface area contributed by atoms with Crippen molar-refractivity contribution in [1.82, 2.24) is 5.43 Å². The molecule has 1 aliphatic carbocycles. The molecule has 16 heavy (non-hydrogen) atoms. The van der Waals surface area contributed by atoms with Crippen molar-refractivity contribution in [3.05, 3.63) is 23.8 Å². The van der Waals surface area contributed by atoms with Gasteiger partial charge in [-0.3, -0.25) is 9.59 Å². The third kappa shape index (κ3) is 4.35. The van der Waals surface area contributed by atoms with E-state index in [4.69, 9.17) is 34.8 Å². The number of hydrogen-bond donors (Lipinski definition) is 1. The first kappa shape index (κ1) is 13.2. The Labute approximate surface area is 107 Å². The molecule has 0 atom stereocenters. The number of amides is 1. The van der Waals surface area contributed by atoms with Crippen molar-refractivity contribution in [1.29, 1.82) is 0 Å². The standard InChI is InChI=1S/C9H7Cl3N2O2/c10-9(11,12)5-13-14-8(16)6-3-1-2-4-7(6)15/h1-3,5H,4H2,(H,14,16). The molecule has 0 aromatic heterocycles. The molecule has 0 fully saturated rings. The molecule has 0 saturated heterocycles. The lowest BCUT2D eigenvalue weighted by atomic mass is 10.0. The maximum atomic E-state index is 11.4. The van der Waals surface area contributed by atoms with E-state index >= 15 is 0 Å². The molecule has 1 N–H and O–H groups in total. The molecular weight excluding hydrogens is 274 g/mol. The molecule has 1 rings (SSSR count). The van der Waals surface area contributed by atoms with Crippen LogP contribution in [0, 0.1) is 0 Å². The van der Waals surface area contributed by atoms with Crippen LogP contribution in [0.5, 0.6) is 0 Å². The molecule has 4 nitrogen and oxygen atoms in total. The minimum absolute atomic E-state index is 0.0315. The number of nitrogens with one attached hydrogen (secondary N) is 1. The predicted octanol–water partition coefficient (Wildman–Crippen LogP) is 1.91. The third-order valence-corrected chi connectivity index (χ3v) is 1.92. The molecule has 0 aliphatic heterocycles. The van der Waals surface area contributed by atoms with Crippen LogP contribution in [0.25, 0.3) is 0 Å². The summed E-state index contributed by atoms with van der Waals surface area (Å²) in [6.45, 7) is 0. The summed E-state index contributed by atoms with van der Waals surface area (Å²) in [5.41, 5.74) is 2.12. The topological polar surface area (TPSA) is 58.5 Å². The Morgan fingerprint density at radius 1 is 1.50 bits per heavy atom. The monoisotopic (exact) mass is 280 g/mol. The van der Waals surface area contributed by atoms with Gasteiger partial charge in [0.25, 0.3) is 5.91 Å². The molecule has 0 bridgehead atoms. The molecular formula is C9H7Cl3N2O2. The van der Waals surface area contributed by atoms with E-state index in [2.05, 4.69) is 10.5 Å². The zero-order valence-corrected chi connectivity index (χ0v) is 10.2. The highest BCUT2D eigenvalue weighted by molar-refractivity contribution is 6.74. The van der Waals surface area contributed by atoms with Crippen molar-refractivity contribution in [2.24, 2.45) is 5.10 Å². The van der Waals surface area contributed by atoms with E-state index in [1.165, 1.54) is 6.08 Å². The van der Waals surface area contributed by atoms with Crippen molar-refractivity contribution in [3.8, 4) is 0 Å². The van der Waals surface area contributed by atoms with Crippen molar-refractivity contribution in [2.45, 2.75) is 10.2 Å². The van der Waals surface area contributed by atoms with Gasteiger partial charge in [0.2, 0.25) is 3.79 Å². The van der Waals surface area contributed by atoms with Crippen molar-refractivity contribution in [2.75, 3.05) is 0 Å². The van der Waals surface area contributed by atoms with Crippen LogP contribution < -0.4 is 5.43 Å². The van der Waals surface area contributed by atoms with Crippen molar-refractivity contribution >= 4 is 52.7 Å². The van der Waals surface area contributed by atoms with Gasteiger partial charge in [-0.2, -0.15) is 5.10 Å². The molecule has 0 aromatic rings. The molecule has 0 spiro atoms. The summed E-state index contributed by atoms with van der Waals surface area (Å²) in [6, 6.07) is 0. The Hall–Kier alpha value is -0.840. The number of hydrazone groups is 1. The number of carbonyl (C=O) groups is 2. The third-order valence-electron chi connectivity index (χ3n) is 1.62. The summed E-state index contributed by atoms with van der Waals surface area (Å²) in [5, 5.41) is 3.41. The van der Waals surface area contributed by atoms with Crippen LogP contribution in [-0.4, -0.2) is 21.7 Å². The van der Waals surface area contributed by atoms with Gasteiger partial charge in [-0.15, -0.1) is 0 Å². The number of alkyl halides is 3. The molecule has 7 heteroatoms. The average Bonchev–Trinajstić information content (AvgIpc) is 2.16. The quantitative estimate of drug-likeness (QED) is 0.364. The number of carbonyl (C=O) groups excluding carboxylic acids is 2. The van der Waals surface area contributed by atoms with Gasteiger partial charge < -0.3 is 0 Å². The van der Waals surface area contributed by atoms with Gasteiger partial charge in [0.15, 0.2) is 5.78 Å². The first-order chi connectivity index (χ1) is 7.40. The lowest BCUT2D eigenvalue weighted by molar-refractivity contribution is -0.122. The maximum absolute atomic E-state index is 11.4. The first-order valence-electron chi connectivity index (χ1n) is 4.21. The van der Waals surface area contributed by atoms with Crippen LogP contribution in [-0.2, 0) is 9.59 Å². The Morgan fingerprint density at radius 3 is 2.75 bits per heavy atom. The van der Waals surface area contributed by atoms with Crippen LogP contribution in [0.3, 0.4) is 0 Å². The summed E-state index contributed by atoms with van der Waals surface area (Å²) < 4.78 is -1.68. The van der Waals surface area contributed by atoms with E-state index in [0.29, 0.717) is 0 Å². The summed E-state index contributed by atoms with van der Waals surface area (Å²) in [6.07, 6.45) is 5.82. The molecule has 0 saturated carbocycles. The number of halogens is 3. The second-order valence-electron chi connectivity index (χ2n) is 2.88. The highest BCUT2D eigenvalue weighted by atomic mass is 35.6. The van der Waals surface area contributed by atoms with Gasteiger partial charge in [0.05, 0.1) is 11.8 Å². The maximum Gasteiger partial charge on any atom is 0.274 e. The van der Waals surface area contributed by atoms with Crippen LogP contribution >= 0.6 is 34.8 Å². The van der Waals surface area contributed by atoms with Gasteiger partial charge in [0, 0.05) is 6.42 Å². The average molecular weight is 282 g/mol. The van der Waals surface area contributed by atoms with Gasteiger partial charge in [-0.05, 0) is 6.08 Å². The Balaban J connectivity index is 2.60. The first-order valence-corrected chi connectivity index (χ1v) is 5.35. The van der Waals surface area contributed by atoms with E-state index in [0.717, 1.165) is 6.21 Å². The summed E-state index contributed by atoms with van der Waals surface area (Å²) in [4.78, 5) is 22.7. The molecule has 0 radical (unpaired) electrons. The number of allylic oxidation sites excluding steroid dienone is 3. The molecule has 1 amide bonds. The predicted molar refractivity (Wildman–Crippen MR) is 63.8 cm³/mol. The van der Waals surface area contributed by atoms with Gasteiger partial charge >= 0.3 is 0 Å². The highest BCUT2D eigenvalue weighted by Crippen LogP contribution is 2.22. The van der Waals surface area contributed by atoms with E-state index in [1.807, 2.05) is 0 Å². The van der Waals surface area contributed by atoms with E-state index in [-0.39, 0.29) is 17.8 Å². The smallest absolute Gasteiger partial charge is 0.274 e. The molecule has 0 heterocycles.